The van der Waals surface area contributed by atoms with Gasteiger partial charge < -0.3 is 15.2 Å². The number of nitrogens with one attached hydrogen (secondary N) is 1. The fourth-order valence-corrected chi connectivity index (χ4v) is 2.53. The number of halogens is 2. The summed E-state index contributed by atoms with van der Waals surface area (Å²) < 4.78 is 33.3. The Labute approximate surface area is 124 Å². The Bertz CT molecular complexity index is 456. The lowest BCUT2D eigenvalue weighted by molar-refractivity contribution is 0.0551. The average molecular weight is 299 g/mol. The van der Waals surface area contributed by atoms with Crippen LogP contribution in [-0.4, -0.2) is 23.9 Å². The van der Waals surface area contributed by atoms with Crippen LogP contribution in [-0.2, 0) is 6.54 Å². The van der Waals surface area contributed by atoms with E-state index in [-0.39, 0.29) is 5.75 Å². The number of hydrogen-bond donors (Lipinski definition) is 2. The Morgan fingerprint density at radius 2 is 1.95 bits per heavy atom. The highest BCUT2D eigenvalue weighted by Crippen LogP contribution is 2.29. The molecule has 1 aliphatic rings. The summed E-state index contributed by atoms with van der Waals surface area (Å²) in [6.45, 7) is 5.34. The van der Waals surface area contributed by atoms with E-state index in [0.29, 0.717) is 30.9 Å². The molecule has 2 atom stereocenters. The van der Waals surface area contributed by atoms with Gasteiger partial charge >= 0.3 is 0 Å². The molecule has 2 N–H and O–H groups in total. The average Bonchev–Trinajstić information content (AvgIpc) is 2.79. The molecule has 0 spiro atoms. The topological polar surface area (TPSA) is 41.5 Å². The first kappa shape index (κ1) is 16.2. The summed E-state index contributed by atoms with van der Waals surface area (Å²) in [5.74, 6) is -1.33. The molecule has 1 aromatic rings. The molecule has 2 unspecified atom stereocenters. The van der Waals surface area contributed by atoms with E-state index in [4.69, 9.17) is 4.74 Å². The monoisotopic (exact) mass is 299 g/mol. The Balaban J connectivity index is 2.02. The van der Waals surface area contributed by atoms with Crippen molar-refractivity contribution in [2.75, 3.05) is 6.54 Å². The lowest BCUT2D eigenvalue weighted by Gasteiger charge is -2.18. The zero-order chi connectivity index (χ0) is 15.4. The molecule has 1 aliphatic carbocycles. The molecule has 0 bridgehead atoms. The third-order valence-electron chi connectivity index (χ3n) is 3.63. The lowest BCUT2D eigenvalue weighted by Crippen LogP contribution is -2.26. The SMILES string of the molecule is CC(C)CNCc1cc(F)c(OC2CCCC2O)c(F)c1. The molecule has 3 nitrogen and oxygen atoms in total. The summed E-state index contributed by atoms with van der Waals surface area (Å²) >= 11 is 0. The summed E-state index contributed by atoms with van der Waals surface area (Å²) in [5, 5.41) is 12.8. The largest absolute Gasteiger partial charge is 0.482 e. The van der Waals surface area contributed by atoms with E-state index >= 15 is 0 Å². The van der Waals surface area contributed by atoms with Gasteiger partial charge in [-0.3, -0.25) is 0 Å². The first-order valence-corrected chi connectivity index (χ1v) is 7.50. The van der Waals surface area contributed by atoms with Crippen LogP contribution in [0.25, 0.3) is 0 Å². The first-order valence-electron chi connectivity index (χ1n) is 7.50. The van der Waals surface area contributed by atoms with Crippen molar-refractivity contribution in [1.29, 1.82) is 0 Å². The molecule has 5 heteroatoms. The van der Waals surface area contributed by atoms with Crippen molar-refractivity contribution >= 4 is 0 Å². The highest BCUT2D eigenvalue weighted by molar-refractivity contribution is 5.31. The molecule has 0 saturated heterocycles. The highest BCUT2D eigenvalue weighted by Gasteiger charge is 2.29. The molecule has 2 rings (SSSR count). The molecule has 0 radical (unpaired) electrons. The van der Waals surface area contributed by atoms with Crippen molar-refractivity contribution in [3.05, 3.63) is 29.3 Å². The molecular formula is C16H23F2NO2. The van der Waals surface area contributed by atoms with Crippen LogP contribution >= 0.6 is 0 Å². The van der Waals surface area contributed by atoms with Gasteiger partial charge in [0.15, 0.2) is 17.4 Å². The minimum Gasteiger partial charge on any atom is -0.482 e. The third kappa shape index (κ3) is 4.38. The minimum atomic E-state index is -0.713. The van der Waals surface area contributed by atoms with Gasteiger partial charge in [-0.2, -0.15) is 0 Å². The van der Waals surface area contributed by atoms with Crippen LogP contribution in [0.4, 0.5) is 8.78 Å². The molecule has 0 heterocycles. The van der Waals surface area contributed by atoms with Gasteiger partial charge in [0.25, 0.3) is 0 Å². The molecule has 0 aromatic heterocycles. The summed E-state index contributed by atoms with van der Waals surface area (Å²) in [6.07, 6.45) is 0.893. The van der Waals surface area contributed by atoms with E-state index < -0.39 is 23.8 Å². The van der Waals surface area contributed by atoms with E-state index in [1.807, 2.05) is 0 Å². The quantitative estimate of drug-likeness (QED) is 0.848. The molecule has 0 amide bonds. The normalized spacial score (nSPS) is 22.0. The first-order chi connectivity index (χ1) is 9.97. The maximum atomic E-state index is 14.0. The van der Waals surface area contributed by atoms with E-state index in [1.165, 1.54) is 12.1 Å². The Kier molecular flexibility index (Phi) is 5.53. The van der Waals surface area contributed by atoms with Gasteiger partial charge in [0, 0.05) is 6.54 Å². The second kappa shape index (κ2) is 7.18. The molecule has 1 saturated carbocycles. The van der Waals surface area contributed by atoms with E-state index in [2.05, 4.69) is 19.2 Å². The summed E-state index contributed by atoms with van der Waals surface area (Å²) in [6, 6.07) is 2.57. The van der Waals surface area contributed by atoms with Crippen LogP contribution in [0.15, 0.2) is 12.1 Å². The number of aliphatic hydroxyl groups is 1. The van der Waals surface area contributed by atoms with Gasteiger partial charge in [-0.1, -0.05) is 13.8 Å². The van der Waals surface area contributed by atoms with E-state index in [0.717, 1.165) is 13.0 Å². The maximum Gasteiger partial charge on any atom is 0.191 e. The number of ether oxygens (including phenoxy) is 1. The number of aliphatic hydroxyl groups excluding tert-OH is 1. The number of benzene rings is 1. The summed E-state index contributed by atoms with van der Waals surface area (Å²) in [5.41, 5.74) is 0.546. The van der Waals surface area contributed by atoms with Crippen LogP contribution in [0.3, 0.4) is 0 Å². The lowest BCUT2D eigenvalue weighted by atomic mass is 10.1. The third-order valence-corrected chi connectivity index (χ3v) is 3.63. The summed E-state index contributed by atoms with van der Waals surface area (Å²) in [7, 11) is 0. The second-order valence-electron chi connectivity index (χ2n) is 6.07. The molecule has 21 heavy (non-hydrogen) atoms. The van der Waals surface area contributed by atoms with Gasteiger partial charge in [0.05, 0.1) is 6.10 Å². The van der Waals surface area contributed by atoms with Crippen LogP contribution in [0.5, 0.6) is 5.75 Å². The minimum absolute atomic E-state index is 0.381. The molecular weight excluding hydrogens is 276 g/mol. The maximum absolute atomic E-state index is 14.0. The van der Waals surface area contributed by atoms with Crippen LogP contribution in [0.2, 0.25) is 0 Å². The van der Waals surface area contributed by atoms with Gasteiger partial charge in [-0.15, -0.1) is 0 Å². The predicted octanol–water partition coefficient (Wildman–Crippen LogP) is 3.00. The fraction of sp³-hybridized carbons (Fsp3) is 0.625. The Morgan fingerprint density at radius 3 is 2.48 bits per heavy atom. The Morgan fingerprint density at radius 1 is 1.29 bits per heavy atom. The zero-order valence-electron chi connectivity index (χ0n) is 12.5. The van der Waals surface area contributed by atoms with Crippen molar-refractivity contribution in [3.63, 3.8) is 0 Å². The molecule has 1 fully saturated rings. The van der Waals surface area contributed by atoms with Crippen LogP contribution < -0.4 is 10.1 Å². The number of hydrogen-bond acceptors (Lipinski definition) is 3. The van der Waals surface area contributed by atoms with Crippen LogP contribution in [0.1, 0.15) is 38.7 Å². The van der Waals surface area contributed by atoms with Gasteiger partial charge in [0.1, 0.15) is 6.10 Å². The standard InChI is InChI=1S/C16H23F2NO2/c1-10(2)8-19-9-11-6-12(17)16(13(18)7-11)21-15-5-3-4-14(15)20/h6-7,10,14-15,19-20H,3-5,8-9H2,1-2H3. The van der Waals surface area contributed by atoms with Crippen molar-refractivity contribution in [2.24, 2.45) is 5.92 Å². The van der Waals surface area contributed by atoms with Crippen molar-refractivity contribution in [2.45, 2.75) is 51.9 Å². The molecule has 1 aromatic carbocycles. The van der Waals surface area contributed by atoms with Crippen molar-refractivity contribution < 1.29 is 18.6 Å². The molecule has 0 aliphatic heterocycles. The highest BCUT2D eigenvalue weighted by atomic mass is 19.1. The van der Waals surface area contributed by atoms with Crippen molar-refractivity contribution in [1.82, 2.24) is 5.32 Å². The second-order valence-corrected chi connectivity index (χ2v) is 6.07. The van der Waals surface area contributed by atoms with Crippen molar-refractivity contribution in [3.8, 4) is 5.75 Å². The molecule has 118 valence electrons. The van der Waals surface area contributed by atoms with Gasteiger partial charge in [-0.05, 0) is 49.4 Å². The predicted molar refractivity (Wildman–Crippen MR) is 77.2 cm³/mol. The van der Waals surface area contributed by atoms with E-state index in [9.17, 15) is 13.9 Å². The smallest absolute Gasteiger partial charge is 0.191 e. The number of rotatable bonds is 6. The summed E-state index contributed by atoms with van der Waals surface area (Å²) in [4.78, 5) is 0. The fourth-order valence-electron chi connectivity index (χ4n) is 2.53. The zero-order valence-corrected chi connectivity index (χ0v) is 12.5. The van der Waals surface area contributed by atoms with Gasteiger partial charge in [0.2, 0.25) is 0 Å². The van der Waals surface area contributed by atoms with Gasteiger partial charge in [-0.25, -0.2) is 8.78 Å². The van der Waals surface area contributed by atoms with E-state index in [1.54, 1.807) is 0 Å². The Hall–Kier alpha value is -1.20. The van der Waals surface area contributed by atoms with Crippen LogP contribution in [0, 0.1) is 17.6 Å².